The second kappa shape index (κ2) is 3.15. The van der Waals surface area contributed by atoms with Crippen LogP contribution >= 0.6 is 0 Å². The van der Waals surface area contributed by atoms with Gasteiger partial charge in [0.25, 0.3) is 0 Å². The first-order valence-electron chi connectivity index (χ1n) is 3.43. The van der Waals surface area contributed by atoms with E-state index in [0.29, 0.717) is 12.3 Å². The SMILES string of the molecule is CON=C1CNCC1(F)CN. The largest absolute Gasteiger partial charge is 0.399 e. The van der Waals surface area contributed by atoms with Crippen LogP contribution in [0.3, 0.4) is 0 Å². The normalized spacial score (nSPS) is 34.6. The number of hydrogen-bond donors (Lipinski definition) is 2. The van der Waals surface area contributed by atoms with Crippen molar-refractivity contribution in [3.8, 4) is 0 Å². The van der Waals surface area contributed by atoms with Crippen LogP contribution in [-0.2, 0) is 4.84 Å². The van der Waals surface area contributed by atoms with Gasteiger partial charge in [-0.3, -0.25) is 0 Å². The average Bonchev–Trinajstić information content (AvgIpc) is 2.35. The Hall–Kier alpha value is -0.680. The molecule has 1 aliphatic rings. The van der Waals surface area contributed by atoms with Gasteiger partial charge in [-0.05, 0) is 0 Å². The minimum atomic E-state index is -1.50. The topological polar surface area (TPSA) is 59.6 Å². The zero-order chi connectivity index (χ0) is 8.32. The Bertz CT molecular complexity index is 173. The van der Waals surface area contributed by atoms with Gasteiger partial charge < -0.3 is 15.9 Å². The Morgan fingerprint density at radius 2 is 2.64 bits per heavy atom. The summed E-state index contributed by atoms with van der Waals surface area (Å²) in [6.45, 7) is 0.593. The van der Waals surface area contributed by atoms with Crippen molar-refractivity contribution in [3.05, 3.63) is 0 Å². The number of halogens is 1. The Kier molecular flexibility index (Phi) is 2.41. The quantitative estimate of drug-likeness (QED) is 0.524. The molecule has 1 atom stereocenters. The van der Waals surface area contributed by atoms with E-state index in [4.69, 9.17) is 5.73 Å². The maximum atomic E-state index is 13.5. The Balaban J connectivity index is 2.72. The predicted octanol–water partition coefficient (Wildman–Crippen LogP) is -0.741. The molecule has 11 heavy (non-hydrogen) atoms. The number of nitrogens with zero attached hydrogens (tertiary/aromatic N) is 1. The van der Waals surface area contributed by atoms with Crippen molar-refractivity contribution in [3.63, 3.8) is 0 Å². The van der Waals surface area contributed by atoms with E-state index in [2.05, 4.69) is 15.3 Å². The van der Waals surface area contributed by atoms with E-state index >= 15 is 0 Å². The highest BCUT2D eigenvalue weighted by molar-refractivity contribution is 5.96. The molecule has 0 aromatic rings. The fourth-order valence-electron chi connectivity index (χ4n) is 1.05. The van der Waals surface area contributed by atoms with E-state index in [9.17, 15) is 4.39 Å². The Morgan fingerprint density at radius 3 is 3.18 bits per heavy atom. The molecule has 0 aromatic carbocycles. The molecule has 4 nitrogen and oxygen atoms in total. The van der Waals surface area contributed by atoms with Gasteiger partial charge in [-0.1, -0.05) is 5.16 Å². The molecule has 5 heteroatoms. The average molecular weight is 161 g/mol. The van der Waals surface area contributed by atoms with Crippen LogP contribution in [0, 0.1) is 0 Å². The van der Waals surface area contributed by atoms with Crippen LogP contribution in [0.25, 0.3) is 0 Å². The van der Waals surface area contributed by atoms with E-state index in [-0.39, 0.29) is 13.1 Å². The highest BCUT2D eigenvalue weighted by atomic mass is 19.1. The standard InChI is InChI=1S/C6H12FN3O/c1-11-10-5-2-9-4-6(5,7)3-8/h9H,2-4,8H2,1H3. The molecule has 3 N–H and O–H groups in total. The third-order valence-corrected chi connectivity index (χ3v) is 1.74. The van der Waals surface area contributed by atoms with Gasteiger partial charge in [0.05, 0.1) is 0 Å². The second-order valence-corrected chi connectivity index (χ2v) is 2.49. The van der Waals surface area contributed by atoms with Crippen LogP contribution < -0.4 is 11.1 Å². The van der Waals surface area contributed by atoms with Gasteiger partial charge in [-0.2, -0.15) is 0 Å². The lowest BCUT2D eigenvalue weighted by atomic mass is 10.0. The monoisotopic (exact) mass is 161 g/mol. The van der Waals surface area contributed by atoms with E-state index in [1.165, 1.54) is 7.11 Å². The maximum Gasteiger partial charge on any atom is 0.177 e. The summed E-state index contributed by atoms with van der Waals surface area (Å²) in [6.07, 6.45) is 0. The fourth-order valence-corrected chi connectivity index (χ4v) is 1.05. The van der Waals surface area contributed by atoms with E-state index in [1.54, 1.807) is 0 Å². The maximum absolute atomic E-state index is 13.5. The van der Waals surface area contributed by atoms with E-state index in [0.717, 1.165) is 0 Å². The van der Waals surface area contributed by atoms with Crippen LogP contribution in [0.1, 0.15) is 0 Å². The molecule has 1 fully saturated rings. The van der Waals surface area contributed by atoms with Gasteiger partial charge in [0.2, 0.25) is 0 Å². The fraction of sp³-hybridized carbons (Fsp3) is 0.833. The zero-order valence-electron chi connectivity index (χ0n) is 6.43. The van der Waals surface area contributed by atoms with Crippen molar-refractivity contribution in [2.45, 2.75) is 5.67 Å². The van der Waals surface area contributed by atoms with Crippen LogP contribution in [-0.4, -0.2) is 38.1 Å². The zero-order valence-corrected chi connectivity index (χ0v) is 6.43. The van der Waals surface area contributed by atoms with Gasteiger partial charge in [0, 0.05) is 19.6 Å². The second-order valence-electron chi connectivity index (χ2n) is 2.49. The summed E-state index contributed by atoms with van der Waals surface area (Å²) < 4.78 is 13.5. The summed E-state index contributed by atoms with van der Waals surface area (Å²) >= 11 is 0. The molecule has 64 valence electrons. The molecule has 1 saturated heterocycles. The summed E-state index contributed by atoms with van der Waals surface area (Å²) in [4.78, 5) is 4.48. The summed E-state index contributed by atoms with van der Waals surface area (Å²) in [5.41, 5.74) is 4.08. The summed E-state index contributed by atoms with van der Waals surface area (Å²) in [7, 11) is 1.39. The number of nitrogens with two attached hydrogens (primary N) is 1. The van der Waals surface area contributed by atoms with Crippen molar-refractivity contribution < 1.29 is 9.23 Å². The molecule has 1 heterocycles. The third-order valence-electron chi connectivity index (χ3n) is 1.74. The molecule has 0 aromatic heterocycles. The molecule has 0 aliphatic carbocycles. The molecule has 1 rings (SSSR count). The van der Waals surface area contributed by atoms with Gasteiger partial charge in [-0.25, -0.2) is 4.39 Å². The van der Waals surface area contributed by atoms with Gasteiger partial charge in [0.15, 0.2) is 5.67 Å². The first kappa shape index (κ1) is 8.42. The molecular formula is C6H12FN3O. The van der Waals surface area contributed by atoms with Crippen molar-refractivity contribution in [1.82, 2.24) is 5.32 Å². The van der Waals surface area contributed by atoms with Crippen LogP contribution in [0.15, 0.2) is 5.16 Å². The van der Waals surface area contributed by atoms with Crippen LogP contribution in [0.2, 0.25) is 0 Å². The summed E-state index contributed by atoms with van der Waals surface area (Å²) in [5.74, 6) is 0. The molecule has 1 aliphatic heterocycles. The van der Waals surface area contributed by atoms with Crippen LogP contribution in [0.4, 0.5) is 4.39 Å². The lowest BCUT2D eigenvalue weighted by Gasteiger charge is -2.15. The molecule has 0 saturated carbocycles. The molecule has 0 spiro atoms. The first-order chi connectivity index (χ1) is 5.23. The van der Waals surface area contributed by atoms with Crippen molar-refractivity contribution >= 4 is 5.71 Å². The number of alkyl halides is 1. The minimum Gasteiger partial charge on any atom is -0.399 e. The van der Waals surface area contributed by atoms with Crippen molar-refractivity contribution in [2.75, 3.05) is 26.7 Å². The minimum absolute atomic E-state index is 0.0534. The van der Waals surface area contributed by atoms with E-state index < -0.39 is 5.67 Å². The lowest BCUT2D eigenvalue weighted by molar-refractivity contribution is 0.201. The van der Waals surface area contributed by atoms with Gasteiger partial charge >= 0.3 is 0 Å². The highest BCUT2D eigenvalue weighted by Crippen LogP contribution is 2.15. The summed E-state index contributed by atoms with van der Waals surface area (Å²) in [5, 5.41) is 6.38. The highest BCUT2D eigenvalue weighted by Gasteiger charge is 2.39. The van der Waals surface area contributed by atoms with Gasteiger partial charge in [-0.15, -0.1) is 0 Å². The van der Waals surface area contributed by atoms with Crippen LogP contribution in [0.5, 0.6) is 0 Å². The van der Waals surface area contributed by atoms with Crippen molar-refractivity contribution in [1.29, 1.82) is 0 Å². The van der Waals surface area contributed by atoms with E-state index in [1.807, 2.05) is 0 Å². The third kappa shape index (κ3) is 1.49. The summed E-state index contributed by atoms with van der Waals surface area (Å²) in [6, 6.07) is 0. The molecule has 0 radical (unpaired) electrons. The number of oxime groups is 1. The lowest BCUT2D eigenvalue weighted by Crippen LogP contribution is -2.41. The molecule has 0 bridgehead atoms. The first-order valence-corrected chi connectivity index (χ1v) is 3.43. The number of rotatable bonds is 2. The Labute approximate surface area is 64.6 Å². The number of nitrogens with one attached hydrogen (secondary N) is 1. The Morgan fingerprint density at radius 1 is 1.91 bits per heavy atom. The smallest absolute Gasteiger partial charge is 0.177 e. The van der Waals surface area contributed by atoms with Crippen molar-refractivity contribution in [2.24, 2.45) is 10.9 Å². The van der Waals surface area contributed by atoms with Gasteiger partial charge in [0.1, 0.15) is 12.8 Å². The number of hydrogen-bond acceptors (Lipinski definition) is 4. The molecule has 1 unspecified atom stereocenters. The molecule has 0 amide bonds. The predicted molar refractivity (Wildman–Crippen MR) is 40.2 cm³/mol. The molecular weight excluding hydrogens is 149 g/mol.